The number of rotatable bonds is 5. The Labute approximate surface area is 182 Å². The van der Waals surface area contributed by atoms with Gasteiger partial charge in [-0.05, 0) is 74.7 Å². The maximum absolute atomic E-state index is 13.1. The molecule has 1 heterocycles. The summed E-state index contributed by atoms with van der Waals surface area (Å²) in [4.78, 5) is 24.7. The van der Waals surface area contributed by atoms with Crippen molar-refractivity contribution in [3.05, 3.63) is 53.1 Å². The number of alkyl halides is 3. The van der Waals surface area contributed by atoms with Gasteiger partial charge in [-0.3, -0.25) is 4.90 Å². The number of cyclic esters (lactones) is 1. The first-order valence-corrected chi connectivity index (χ1v) is 9.79. The van der Waals surface area contributed by atoms with Gasteiger partial charge in [-0.25, -0.2) is 9.59 Å². The van der Waals surface area contributed by atoms with E-state index in [0.717, 1.165) is 17.7 Å². The summed E-state index contributed by atoms with van der Waals surface area (Å²) < 4.78 is 48.9. The van der Waals surface area contributed by atoms with Crippen LogP contribution in [0.25, 0.3) is 17.2 Å². The van der Waals surface area contributed by atoms with E-state index < -0.39 is 29.8 Å². The third-order valence-electron chi connectivity index (χ3n) is 5.10. The number of carboxylic acid groups (broad SMARTS) is 1. The molecule has 1 amide bonds. The Morgan fingerprint density at radius 3 is 2.50 bits per heavy atom. The number of carbonyl (C=O) groups excluding carboxylic acids is 1. The average Bonchev–Trinajstić information content (AvgIpc) is 2.66. The van der Waals surface area contributed by atoms with Gasteiger partial charge in [0.25, 0.3) is 0 Å². The number of fused-ring (bicyclic) bond motifs is 1. The minimum absolute atomic E-state index is 0.114. The van der Waals surface area contributed by atoms with Gasteiger partial charge in [0.1, 0.15) is 11.4 Å². The van der Waals surface area contributed by atoms with Crippen molar-refractivity contribution in [3.63, 3.8) is 0 Å². The molecule has 0 aromatic heterocycles. The molecule has 1 aliphatic rings. The highest BCUT2D eigenvalue weighted by molar-refractivity contribution is 5.94. The number of amides is 1. The van der Waals surface area contributed by atoms with E-state index in [1.54, 1.807) is 39.8 Å². The van der Waals surface area contributed by atoms with Gasteiger partial charge in [-0.2, -0.15) is 0 Å². The van der Waals surface area contributed by atoms with E-state index >= 15 is 0 Å². The number of anilines is 1. The molecule has 2 aromatic carbocycles. The van der Waals surface area contributed by atoms with Crippen LogP contribution in [0.1, 0.15) is 37.5 Å². The molecule has 0 bridgehead atoms. The highest BCUT2D eigenvalue weighted by atomic mass is 19.4. The number of hydrogen-bond donors (Lipinski definition) is 1. The number of aliphatic carboxylic acids is 1. The van der Waals surface area contributed by atoms with Gasteiger partial charge in [0.2, 0.25) is 0 Å². The lowest BCUT2D eigenvalue weighted by Gasteiger charge is -2.38. The van der Waals surface area contributed by atoms with Crippen LogP contribution >= 0.6 is 0 Å². The Kier molecular flexibility index (Phi) is 5.95. The molecule has 2 aromatic rings. The van der Waals surface area contributed by atoms with Crippen molar-refractivity contribution < 1.29 is 37.3 Å². The molecule has 3 rings (SSSR count). The number of carboxylic acids is 1. The zero-order chi connectivity index (χ0) is 23.8. The topological polar surface area (TPSA) is 76.1 Å². The summed E-state index contributed by atoms with van der Waals surface area (Å²) in [5.41, 5.74) is 1.87. The number of benzene rings is 2. The molecule has 1 aliphatic heterocycles. The van der Waals surface area contributed by atoms with Gasteiger partial charge in [-0.15, -0.1) is 13.2 Å². The lowest BCUT2D eigenvalue weighted by atomic mass is 9.88. The van der Waals surface area contributed by atoms with Gasteiger partial charge in [0.15, 0.2) is 0 Å². The maximum atomic E-state index is 13.1. The van der Waals surface area contributed by atoms with Gasteiger partial charge >= 0.3 is 18.4 Å². The van der Waals surface area contributed by atoms with Crippen LogP contribution in [0.15, 0.2) is 36.4 Å². The lowest BCUT2D eigenvalue weighted by Crippen LogP contribution is -2.43. The molecule has 32 heavy (non-hydrogen) atoms. The third-order valence-corrected chi connectivity index (χ3v) is 5.10. The van der Waals surface area contributed by atoms with Gasteiger partial charge in [0.05, 0.1) is 5.69 Å². The monoisotopic (exact) mass is 449 g/mol. The van der Waals surface area contributed by atoms with Crippen molar-refractivity contribution in [3.8, 4) is 16.9 Å². The van der Waals surface area contributed by atoms with Crippen molar-refractivity contribution in [2.45, 2.75) is 39.7 Å². The van der Waals surface area contributed by atoms with Crippen molar-refractivity contribution >= 4 is 23.8 Å². The molecule has 0 aliphatic carbocycles. The smallest absolute Gasteiger partial charge is 0.478 e. The van der Waals surface area contributed by atoms with Crippen LogP contribution in [0, 0.1) is 6.92 Å². The van der Waals surface area contributed by atoms with Gasteiger partial charge in [0, 0.05) is 23.7 Å². The first-order valence-electron chi connectivity index (χ1n) is 9.79. The first-order chi connectivity index (χ1) is 14.8. The normalized spacial score (nSPS) is 15.5. The number of aryl methyl sites for hydroxylation is 1. The number of halogens is 3. The predicted octanol–water partition coefficient (Wildman–Crippen LogP) is 5.87. The Bertz CT molecular complexity index is 1110. The van der Waals surface area contributed by atoms with E-state index in [1.807, 2.05) is 0 Å². The van der Waals surface area contributed by atoms with E-state index in [2.05, 4.69) is 4.74 Å². The minimum Gasteiger partial charge on any atom is -0.478 e. The zero-order valence-electron chi connectivity index (χ0n) is 17.9. The Morgan fingerprint density at radius 2 is 1.91 bits per heavy atom. The molecule has 0 fully saturated rings. The van der Waals surface area contributed by atoms with Gasteiger partial charge in [-0.1, -0.05) is 6.07 Å². The lowest BCUT2D eigenvalue weighted by molar-refractivity contribution is -0.274. The molecule has 0 radical (unpaired) electrons. The summed E-state index contributed by atoms with van der Waals surface area (Å²) in [6.07, 6.45) is -3.31. The summed E-state index contributed by atoms with van der Waals surface area (Å²) >= 11 is 0. The van der Waals surface area contributed by atoms with Crippen molar-refractivity contribution in [2.24, 2.45) is 0 Å². The van der Waals surface area contributed by atoms with Crippen LogP contribution in [-0.4, -0.2) is 30.1 Å². The van der Waals surface area contributed by atoms with E-state index in [0.29, 0.717) is 28.9 Å². The highest BCUT2D eigenvalue weighted by Crippen LogP contribution is 2.44. The molecule has 9 heteroatoms. The maximum Gasteiger partial charge on any atom is 0.573 e. The van der Waals surface area contributed by atoms with E-state index in [4.69, 9.17) is 9.84 Å². The minimum atomic E-state index is -4.92. The van der Waals surface area contributed by atoms with Gasteiger partial charge < -0.3 is 14.6 Å². The quantitative estimate of drug-likeness (QED) is 0.578. The number of nitrogens with zero attached hydrogens (tertiary/aromatic N) is 1. The van der Waals surface area contributed by atoms with Crippen molar-refractivity contribution in [1.29, 1.82) is 0 Å². The molecule has 0 unspecified atom stereocenters. The fraction of sp³-hybridized carbons (Fsp3) is 0.304. The van der Waals surface area contributed by atoms with Crippen LogP contribution in [0.5, 0.6) is 5.75 Å². The van der Waals surface area contributed by atoms with Crippen LogP contribution in [0.3, 0.4) is 0 Å². The van der Waals surface area contributed by atoms with Crippen molar-refractivity contribution in [1.82, 2.24) is 0 Å². The molecule has 1 N–H and O–H groups in total. The first kappa shape index (κ1) is 23.2. The number of carbonyl (C=O) groups is 2. The Hall–Kier alpha value is -3.49. The third kappa shape index (κ3) is 4.71. The highest BCUT2D eigenvalue weighted by Gasteiger charge is 2.38. The van der Waals surface area contributed by atoms with E-state index in [1.165, 1.54) is 23.1 Å². The van der Waals surface area contributed by atoms with Crippen LogP contribution in [0.4, 0.5) is 23.7 Å². The summed E-state index contributed by atoms with van der Waals surface area (Å²) in [5, 5.41) is 8.87. The van der Waals surface area contributed by atoms with E-state index in [-0.39, 0.29) is 5.56 Å². The average molecular weight is 449 g/mol. The zero-order valence-corrected chi connectivity index (χ0v) is 17.9. The summed E-state index contributed by atoms with van der Waals surface area (Å²) in [7, 11) is 0. The van der Waals surface area contributed by atoms with Crippen LogP contribution < -0.4 is 9.64 Å². The number of hydrogen-bond acceptors (Lipinski definition) is 4. The Morgan fingerprint density at radius 1 is 1.22 bits per heavy atom. The molecule has 170 valence electrons. The SMILES string of the molecule is CCN1C(=O)OC(C)(C)c2cc(C)c(-c3cc(C=CC(=O)O)ccc3OC(F)(F)F)cc21. The second kappa shape index (κ2) is 8.22. The molecular formula is C23H22F3NO5. The molecule has 0 spiro atoms. The largest absolute Gasteiger partial charge is 0.573 e. The molecule has 0 saturated carbocycles. The molecular weight excluding hydrogens is 427 g/mol. The predicted molar refractivity (Wildman–Crippen MR) is 112 cm³/mol. The number of ether oxygens (including phenoxy) is 2. The van der Waals surface area contributed by atoms with Crippen LogP contribution in [0.2, 0.25) is 0 Å². The fourth-order valence-corrected chi connectivity index (χ4v) is 3.66. The molecule has 0 atom stereocenters. The second-order valence-electron chi connectivity index (χ2n) is 7.78. The second-order valence-corrected chi connectivity index (χ2v) is 7.78. The standard InChI is InChI=1S/C23H22F3NO5/c1-5-27-18-12-15(13(2)10-17(18)22(3,4)32-21(27)30)16-11-14(7-9-20(28)29)6-8-19(16)31-23(24,25)26/h6-12H,5H2,1-4H3,(H,28,29). The van der Waals surface area contributed by atoms with Crippen molar-refractivity contribution in [2.75, 3.05) is 11.4 Å². The summed E-state index contributed by atoms with van der Waals surface area (Å²) in [6.45, 7) is 7.28. The van der Waals surface area contributed by atoms with Crippen LogP contribution in [-0.2, 0) is 15.1 Å². The fourth-order valence-electron chi connectivity index (χ4n) is 3.66. The molecule has 0 saturated heterocycles. The molecule has 6 nitrogen and oxygen atoms in total. The van der Waals surface area contributed by atoms with E-state index in [9.17, 15) is 22.8 Å². The Balaban J connectivity index is 2.25. The summed E-state index contributed by atoms with van der Waals surface area (Å²) in [5.74, 6) is -1.62. The summed E-state index contributed by atoms with van der Waals surface area (Å²) in [6, 6.07) is 7.30.